The number of fused-ring (bicyclic) bond motifs is 3. The maximum Gasteiger partial charge on any atom is 0.174 e. The quantitative estimate of drug-likeness (QED) is 0.563. The number of nitrogens with zero attached hydrogens (tertiary/aromatic N) is 1. The Morgan fingerprint density at radius 2 is 1.95 bits per heavy atom. The van der Waals surface area contributed by atoms with Gasteiger partial charge in [-0.3, -0.25) is 0 Å². The second-order valence-electron chi connectivity index (χ2n) is 7.03. The van der Waals surface area contributed by atoms with Crippen LogP contribution >= 0.6 is 0 Å². The molecule has 1 saturated heterocycles. The minimum atomic E-state index is 0.281. The number of allylic oxidation sites excluding steroid dienone is 1. The Kier molecular flexibility index (Phi) is 3.58. The van der Waals surface area contributed by atoms with Crippen LogP contribution in [-0.2, 0) is 11.8 Å². The van der Waals surface area contributed by atoms with Crippen molar-refractivity contribution >= 4 is 0 Å². The summed E-state index contributed by atoms with van der Waals surface area (Å²) in [6, 6.07) is 4.40. The first-order valence-corrected chi connectivity index (χ1v) is 8.63. The van der Waals surface area contributed by atoms with Crippen LogP contribution in [0, 0.1) is 11.8 Å². The molecule has 4 rings (SSSR count). The van der Waals surface area contributed by atoms with E-state index in [0.29, 0.717) is 12.0 Å². The standard InChI is InChI=1S/C19H26NO/c1-20-12-6-7-14(13-20)19-17-10-3-2-8-15(17)16-9-4-5-11-18(16)21-19/h6-8,12-13,16-19H,2-5,9-11H2,1H3/q+1/t16-,17-,18+,19+/m1/s1. The van der Waals surface area contributed by atoms with Gasteiger partial charge >= 0.3 is 0 Å². The number of aryl methyl sites for hydroxylation is 1. The van der Waals surface area contributed by atoms with Gasteiger partial charge < -0.3 is 4.74 Å². The van der Waals surface area contributed by atoms with Crippen LogP contribution in [0.1, 0.15) is 56.6 Å². The average molecular weight is 284 g/mol. The van der Waals surface area contributed by atoms with Crippen molar-refractivity contribution in [2.24, 2.45) is 18.9 Å². The monoisotopic (exact) mass is 284 g/mol. The first-order valence-electron chi connectivity index (χ1n) is 8.63. The molecule has 3 aliphatic rings. The van der Waals surface area contributed by atoms with Gasteiger partial charge in [0.2, 0.25) is 0 Å². The average Bonchev–Trinajstić information content (AvgIpc) is 2.54. The molecule has 0 amide bonds. The van der Waals surface area contributed by atoms with Crippen molar-refractivity contribution in [1.29, 1.82) is 0 Å². The van der Waals surface area contributed by atoms with Gasteiger partial charge in [0.25, 0.3) is 0 Å². The van der Waals surface area contributed by atoms with E-state index in [-0.39, 0.29) is 6.10 Å². The highest BCUT2D eigenvalue weighted by molar-refractivity contribution is 5.25. The molecule has 0 spiro atoms. The minimum Gasteiger partial charge on any atom is -0.369 e. The van der Waals surface area contributed by atoms with E-state index in [1.165, 1.54) is 50.5 Å². The molecule has 0 N–H and O–H groups in total. The van der Waals surface area contributed by atoms with Crippen LogP contribution in [-0.4, -0.2) is 6.10 Å². The predicted molar refractivity (Wildman–Crippen MR) is 82.6 cm³/mol. The maximum atomic E-state index is 6.65. The van der Waals surface area contributed by atoms with Crippen molar-refractivity contribution in [3.8, 4) is 0 Å². The van der Waals surface area contributed by atoms with E-state index < -0.39 is 0 Å². The Bertz CT molecular complexity index is 550. The summed E-state index contributed by atoms with van der Waals surface area (Å²) in [7, 11) is 2.10. The molecule has 2 aliphatic carbocycles. The molecular formula is C19H26NO+. The van der Waals surface area contributed by atoms with Gasteiger partial charge in [0.15, 0.2) is 12.4 Å². The molecule has 2 heterocycles. The van der Waals surface area contributed by atoms with E-state index in [0.717, 1.165) is 5.92 Å². The molecule has 4 atom stereocenters. The molecule has 112 valence electrons. The fraction of sp³-hybridized carbons (Fsp3) is 0.632. The van der Waals surface area contributed by atoms with Crippen LogP contribution in [0.3, 0.4) is 0 Å². The van der Waals surface area contributed by atoms with Crippen LogP contribution in [0.25, 0.3) is 0 Å². The van der Waals surface area contributed by atoms with Gasteiger partial charge in [-0.2, -0.15) is 0 Å². The van der Waals surface area contributed by atoms with E-state index in [1.54, 1.807) is 5.57 Å². The molecule has 1 aliphatic heterocycles. The van der Waals surface area contributed by atoms with Crippen molar-refractivity contribution in [2.45, 2.75) is 57.2 Å². The number of hydrogen-bond donors (Lipinski definition) is 0. The van der Waals surface area contributed by atoms with E-state index >= 15 is 0 Å². The number of pyridine rings is 1. The van der Waals surface area contributed by atoms with Crippen LogP contribution in [0.5, 0.6) is 0 Å². The molecule has 1 saturated carbocycles. The smallest absolute Gasteiger partial charge is 0.174 e. The van der Waals surface area contributed by atoms with Crippen molar-refractivity contribution in [1.82, 2.24) is 0 Å². The Morgan fingerprint density at radius 3 is 2.86 bits per heavy atom. The molecule has 0 radical (unpaired) electrons. The number of ether oxygens (including phenoxy) is 1. The number of rotatable bonds is 1. The topological polar surface area (TPSA) is 13.1 Å². The van der Waals surface area contributed by atoms with Gasteiger partial charge in [0.05, 0.1) is 12.2 Å². The van der Waals surface area contributed by atoms with Crippen molar-refractivity contribution in [3.63, 3.8) is 0 Å². The minimum absolute atomic E-state index is 0.281. The van der Waals surface area contributed by atoms with Gasteiger partial charge in [-0.15, -0.1) is 0 Å². The van der Waals surface area contributed by atoms with Crippen LogP contribution in [0.2, 0.25) is 0 Å². The Labute approximate surface area is 127 Å². The van der Waals surface area contributed by atoms with Gasteiger partial charge in [-0.1, -0.05) is 24.5 Å². The largest absolute Gasteiger partial charge is 0.369 e. The fourth-order valence-electron chi connectivity index (χ4n) is 4.69. The third-order valence-corrected chi connectivity index (χ3v) is 5.64. The van der Waals surface area contributed by atoms with Gasteiger partial charge in [-0.25, -0.2) is 4.57 Å². The molecule has 2 nitrogen and oxygen atoms in total. The molecular weight excluding hydrogens is 258 g/mol. The van der Waals surface area contributed by atoms with Crippen LogP contribution in [0.4, 0.5) is 0 Å². The highest BCUT2D eigenvalue weighted by Crippen LogP contribution is 2.50. The van der Waals surface area contributed by atoms with Crippen LogP contribution < -0.4 is 4.57 Å². The molecule has 2 heteroatoms. The normalized spacial score (nSPS) is 35.6. The number of aromatic nitrogens is 1. The number of hydrogen-bond acceptors (Lipinski definition) is 1. The fourth-order valence-corrected chi connectivity index (χ4v) is 4.69. The zero-order chi connectivity index (χ0) is 14.2. The van der Waals surface area contributed by atoms with Gasteiger partial charge in [-0.05, 0) is 38.2 Å². The second kappa shape index (κ2) is 5.57. The third-order valence-electron chi connectivity index (χ3n) is 5.64. The Hall–Kier alpha value is -1.15. The lowest BCUT2D eigenvalue weighted by atomic mass is 9.68. The third kappa shape index (κ3) is 2.44. The van der Waals surface area contributed by atoms with Crippen molar-refractivity contribution < 1.29 is 9.30 Å². The summed E-state index contributed by atoms with van der Waals surface area (Å²) in [5.41, 5.74) is 3.11. The molecule has 0 bridgehead atoms. The maximum absolute atomic E-state index is 6.65. The molecule has 1 aromatic heterocycles. The van der Waals surface area contributed by atoms with Gasteiger partial charge in [0.1, 0.15) is 7.05 Å². The zero-order valence-corrected chi connectivity index (χ0v) is 13.0. The summed E-state index contributed by atoms with van der Waals surface area (Å²) in [6.45, 7) is 0. The Morgan fingerprint density at radius 1 is 1.10 bits per heavy atom. The summed E-state index contributed by atoms with van der Waals surface area (Å²) in [5.74, 6) is 1.35. The highest BCUT2D eigenvalue weighted by Gasteiger charge is 2.43. The van der Waals surface area contributed by atoms with Crippen LogP contribution in [0.15, 0.2) is 36.2 Å². The summed E-state index contributed by atoms with van der Waals surface area (Å²) in [5, 5.41) is 0. The zero-order valence-electron chi connectivity index (χ0n) is 13.0. The summed E-state index contributed by atoms with van der Waals surface area (Å²) < 4.78 is 8.80. The van der Waals surface area contributed by atoms with E-state index in [2.05, 4.69) is 42.2 Å². The van der Waals surface area contributed by atoms with Crippen molar-refractivity contribution in [3.05, 3.63) is 41.7 Å². The van der Waals surface area contributed by atoms with E-state index in [9.17, 15) is 0 Å². The molecule has 0 aromatic carbocycles. The first-order chi connectivity index (χ1) is 10.3. The van der Waals surface area contributed by atoms with E-state index in [4.69, 9.17) is 4.74 Å². The first kappa shape index (κ1) is 13.5. The van der Waals surface area contributed by atoms with E-state index in [1.807, 2.05) is 0 Å². The summed E-state index contributed by atoms with van der Waals surface area (Å²) in [4.78, 5) is 0. The summed E-state index contributed by atoms with van der Waals surface area (Å²) in [6.07, 6.45) is 16.9. The molecule has 1 aromatic rings. The lowest BCUT2D eigenvalue weighted by Gasteiger charge is -2.47. The van der Waals surface area contributed by atoms with Gasteiger partial charge in [0, 0.05) is 23.5 Å². The second-order valence-corrected chi connectivity index (χ2v) is 7.03. The molecule has 0 unspecified atom stereocenters. The lowest BCUT2D eigenvalue weighted by Crippen LogP contribution is -2.42. The Balaban J connectivity index is 1.70. The SMILES string of the molecule is C[n+]1cccc([C@@H]2O[C@H]3CCCC[C@@H]3C3=CCCC[C@H]32)c1. The molecule has 2 fully saturated rings. The lowest BCUT2D eigenvalue weighted by molar-refractivity contribution is -0.672. The van der Waals surface area contributed by atoms with Crippen molar-refractivity contribution in [2.75, 3.05) is 0 Å². The molecule has 21 heavy (non-hydrogen) atoms. The predicted octanol–water partition coefficient (Wildman–Crippen LogP) is 3.87. The highest BCUT2D eigenvalue weighted by atomic mass is 16.5. The summed E-state index contributed by atoms with van der Waals surface area (Å²) >= 11 is 0.